The van der Waals surface area contributed by atoms with Crippen LogP contribution in [0.2, 0.25) is 0 Å². The highest BCUT2D eigenvalue weighted by Crippen LogP contribution is 2.11. The quantitative estimate of drug-likeness (QED) is 0.809. The van der Waals surface area contributed by atoms with Gasteiger partial charge in [-0.05, 0) is 18.2 Å². The van der Waals surface area contributed by atoms with Gasteiger partial charge in [-0.2, -0.15) is 5.21 Å². The summed E-state index contributed by atoms with van der Waals surface area (Å²) < 4.78 is 5.15. The van der Waals surface area contributed by atoms with Crippen molar-refractivity contribution >= 4 is 5.91 Å². The van der Waals surface area contributed by atoms with E-state index in [-0.39, 0.29) is 11.7 Å². The summed E-state index contributed by atoms with van der Waals surface area (Å²) >= 11 is 0. The lowest BCUT2D eigenvalue weighted by Gasteiger charge is -2.13. The van der Waals surface area contributed by atoms with E-state index in [1.54, 1.807) is 13.3 Å². The fraction of sp³-hybridized carbons (Fsp3) is 0.333. The molecule has 2 rings (SSSR count). The number of aryl methyl sites for hydroxylation is 1. The largest absolute Gasteiger partial charge is 0.469 e. The molecular weight excluding hydrogens is 210 g/mol. The van der Waals surface area contributed by atoms with E-state index in [0.717, 1.165) is 11.3 Å². The van der Waals surface area contributed by atoms with Crippen molar-refractivity contribution in [2.75, 3.05) is 7.05 Å². The van der Waals surface area contributed by atoms with Crippen LogP contribution in [-0.2, 0) is 6.54 Å². The number of hydrogen-bond acceptors (Lipinski definition) is 5. The Bertz CT molecular complexity index is 476. The van der Waals surface area contributed by atoms with Crippen LogP contribution in [0.15, 0.2) is 16.7 Å². The molecule has 2 aromatic rings. The number of aromatic amines is 1. The molecule has 0 bridgehead atoms. The van der Waals surface area contributed by atoms with Gasteiger partial charge in [0, 0.05) is 19.2 Å². The van der Waals surface area contributed by atoms with E-state index in [1.807, 2.05) is 13.0 Å². The Labute approximate surface area is 91.4 Å². The van der Waals surface area contributed by atoms with Gasteiger partial charge in [0.25, 0.3) is 11.7 Å². The molecular formula is C9H11N5O2. The monoisotopic (exact) mass is 221 g/mol. The summed E-state index contributed by atoms with van der Waals surface area (Å²) in [7, 11) is 1.67. The topological polar surface area (TPSA) is 87.9 Å². The second kappa shape index (κ2) is 4.13. The maximum atomic E-state index is 11.8. The summed E-state index contributed by atoms with van der Waals surface area (Å²) in [6.07, 6.45) is 1.59. The number of nitrogens with zero attached hydrogens (tertiary/aromatic N) is 4. The third-order valence-corrected chi connectivity index (χ3v) is 2.26. The molecule has 16 heavy (non-hydrogen) atoms. The summed E-state index contributed by atoms with van der Waals surface area (Å²) in [5.41, 5.74) is 0.958. The zero-order valence-corrected chi connectivity index (χ0v) is 8.97. The molecule has 0 saturated heterocycles. The molecule has 2 aromatic heterocycles. The molecule has 0 radical (unpaired) electrons. The zero-order valence-electron chi connectivity index (χ0n) is 8.97. The van der Waals surface area contributed by atoms with Crippen molar-refractivity contribution in [1.82, 2.24) is 25.5 Å². The lowest BCUT2D eigenvalue weighted by atomic mass is 10.2. The van der Waals surface area contributed by atoms with Gasteiger partial charge in [0.1, 0.15) is 5.76 Å². The molecule has 0 aromatic carbocycles. The highest BCUT2D eigenvalue weighted by atomic mass is 16.3. The van der Waals surface area contributed by atoms with Gasteiger partial charge in [0.05, 0.1) is 6.26 Å². The summed E-state index contributed by atoms with van der Waals surface area (Å²) in [5, 5.41) is 12.8. The Morgan fingerprint density at radius 3 is 3.00 bits per heavy atom. The number of carbonyl (C=O) groups is 1. The number of H-pyrrole nitrogens is 1. The van der Waals surface area contributed by atoms with Gasteiger partial charge in [-0.3, -0.25) is 4.79 Å². The minimum absolute atomic E-state index is 0.0589. The van der Waals surface area contributed by atoms with Crippen molar-refractivity contribution in [1.29, 1.82) is 0 Å². The molecule has 1 N–H and O–H groups in total. The first-order valence-corrected chi connectivity index (χ1v) is 4.70. The van der Waals surface area contributed by atoms with Crippen LogP contribution in [0.25, 0.3) is 0 Å². The standard InChI is InChI=1S/C9H11N5O2/c1-6-7(3-4-16-6)5-14(2)9(15)8-10-12-13-11-8/h3-4H,5H2,1-2H3,(H,10,11,12,13). The molecule has 7 heteroatoms. The minimum atomic E-state index is -0.283. The van der Waals surface area contributed by atoms with Gasteiger partial charge in [0.2, 0.25) is 0 Å². The minimum Gasteiger partial charge on any atom is -0.469 e. The number of hydrogen-bond donors (Lipinski definition) is 1. The molecule has 0 aliphatic rings. The molecule has 0 spiro atoms. The number of nitrogens with one attached hydrogen (secondary N) is 1. The Morgan fingerprint density at radius 1 is 1.62 bits per heavy atom. The molecule has 0 atom stereocenters. The van der Waals surface area contributed by atoms with Crippen LogP contribution in [0.1, 0.15) is 21.9 Å². The maximum Gasteiger partial charge on any atom is 0.295 e. The van der Waals surface area contributed by atoms with Crippen molar-refractivity contribution in [3.63, 3.8) is 0 Å². The maximum absolute atomic E-state index is 11.8. The third-order valence-electron chi connectivity index (χ3n) is 2.26. The van der Waals surface area contributed by atoms with Crippen molar-refractivity contribution in [2.24, 2.45) is 0 Å². The molecule has 1 amide bonds. The molecule has 0 aliphatic heterocycles. The van der Waals surface area contributed by atoms with Crippen molar-refractivity contribution in [3.05, 3.63) is 29.5 Å². The number of carbonyl (C=O) groups excluding carboxylic acids is 1. The SMILES string of the molecule is Cc1occc1CN(C)C(=O)c1nn[nH]n1. The predicted molar refractivity (Wildman–Crippen MR) is 53.4 cm³/mol. The van der Waals surface area contributed by atoms with E-state index in [4.69, 9.17) is 4.42 Å². The first kappa shape index (κ1) is 10.3. The highest BCUT2D eigenvalue weighted by Gasteiger charge is 2.17. The van der Waals surface area contributed by atoms with E-state index >= 15 is 0 Å². The summed E-state index contributed by atoms with van der Waals surface area (Å²) in [6.45, 7) is 2.30. The van der Waals surface area contributed by atoms with Crippen LogP contribution < -0.4 is 0 Å². The van der Waals surface area contributed by atoms with E-state index in [9.17, 15) is 4.79 Å². The second-order valence-corrected chi connectivity index (χ2v) is 3.40. The number of aromatic nitrogens is 4. The van der Waals surface area contributed by atoms with Gasteiger partial charge < -0.3 is 9.32 Å². The predicted octanol–water partition coefficient (Wildman–Crippen LogP) is 0.373. The highest BCUT2D eigenvalue weighted by molar-refractivity contribution is 5.89. The van der Waals surface area contributed by atoms with E-state index in [1.165, 1.54) is 4.90 Å². The number of furan rings is 1. The van der Waals surface area contributed by atoms with Crippen molar-refractivity contribution < 1.29 is 9.21 Å². The average Bonchev–Trinajstić information content (AvgIpc) is 2.89. The molecule has 0 unspecified atom stereocenters. The zero-order chi connectivity index (χ0) is 11.5. The van der Waals surface area contributed by atoms with Crippen LogP contribution in [0, 0.1) is 6.92 Å². The third kappa shape index (κ3) is 1.92. The van der Waals surface area contributed by atoms with Crippen LogP contribution in [0.5, 0.6) is 0 Å². The van der Waals surface area contributed by atoms with Gasteiger partial charge in [-0.15, -0.1) is 10.2 Å². The first-order valence-electron chi connectivity index (χ1n) is 4.70. The Morgan fingerprint density at radius 2 is 2.44 bits per heavy atom. The average molecular weight is 221 g/mol. The molecule has 0 aliphatic carbocycles. The second-order valence-electron chi connectivity index (χ2n) is 3.40. The van der Waals surface area contributed by atoms with Crippen LogP contribution in [0.3, 0.4) is 0 Å². The number of tetrazole rings is 1. The van der Waals surface area contributed by atoms with E-state index in [2.05, 4.69) is 20.6 Å². The molecule has 0 saturated carbocycles. The normalized spacial score (nSPS) is 10.4. The number of amides is 1. The van der Waals surface area contributed by atoms with Crippen molar-refractivity contribution in [2.45, 2.75) is 13.5 Å². The van der Waals surface area contributed by atoms with Gasteiger partial charge >= 0.3 is 0 Å². The summed E-state index contributed by atoms with van der Waals surface area (Å²) in [6, 6.07) is 1.83. The Kier molecular flexibility index (Phi) is 2.67. The molecule has 84 valence electrons. The Balaban J connectivity index is 2.07. The van der Waals surface area contributed by atoms with Crippen molar-refractivity contribution in [3.8, 4) is 0 Å². The van der Waals surface area contributed by atoms with E-state index in [0.29, 0.717) is 6.54 Å². The lowest BCUT2D eigenvalue weighted by Crippen LogP contribution is -2.27. The van der Waals surface area contributed by atoms with Gasteiger partial charge in [0.15, 0.2) is 0 Å². The van der Waals surface area contributed by atoms with Crippen LogP contribution >= 0.6 is 0 Å². The first-order chi connectivity index (χ1) is 7.68. The van der Waals surface area contributed by atoms with Gasteiger partial charge in [-0.1, -0.05) is 0 Å². The summed E-state index contributed by atoms with van der Waals surface area (Å²) in [5.74, 6) is 0.575. The van der Waals surface area contributed by atoms with Crippen LogP contribution in [-0.4, -0.2) is 38.5 Å². The van der Waals surface area contributed by atoms with E-state index < -0.39 is 0 Å². The fourth-order valence-corrected chi connectivity index (χ4v) is 1.33. The fourth-order valence-electron chi connectivity index (χ4n) is 1.33. The smallest absolute Gasteiger partial charge is 0.295 e. The molecule has 7 nitrogen and oxygen atoms in total. The Hall–Kier alpha value is -2.18. The van der Waals surface area contributed by atoms with Gasteiger partial charge in [-0.25, -0.2) is 0 Å². The van der Waals surface area contributed by atoms with Crippen LogP contribution in [0.4, 0.5) is 0 Å². The summed E-state index contributed by atoms with van der Waals surface area (Å²) in [4.78, 5) is 13.3. The lowest BCUT2D eigenvalue weighted by molar-refractivity contribution is 0.0772. The number of rotatable bonds is 3. The molecule has 2 heterocycles. The molecule has 0 fully saturated rings.